The van der Waals surface area contributed by atoms with Gasteiger partial charge < -0.3 is 10.6 Å². The van der Waals surface area contributed by atoms with E-state index in [-0.39, 0.29) is 24.2 Å². The molecule has 0 heterocycles. The number of amidine groups is 1. The third-order valence-electron chi connectivity index (χ3n) is 6.58. The van der Waals surface area contributed by atoms with E-state index in [0.29, 0.717) is 22.6 Å². The van der Waals surface area contributed by atoms with Crippen LogP contribution in [0.4, 0.5) is 0 Å². The van der Waals surface area contributed by atoms with Gasteiger partial charge >= 0.3 is 0 Å². The fourth-order valence-electron chi connectivity index (χ4n) is 4.78. The number of carbonyl (C=O) groups excluding carboxylic acids is 1. The van der Waals surface area contributed by atoms with Gasteiger partial charge in [0.1, 0.15) is 5.84 Å². The normalized spacial score (nSPS) is 14.1. The van der Waals surface area contributed by atoms with E-state index >= 15 is 0 Å². The van der Waals surface area contributed by atoms with Crippen molar-refractivity contribution in [3.8, 4) is 11.1 Å². The van der Waals surface area contributed by atoms with Gasteiger partial charge in [-0.15, -0.1) is 0 Å². The molecule has 0 radical (unpaired) electrons. The fraction of sp³-hybridized carbons (Fsp3) is 0.286. The summed E-state index contributed by atoms with van der Waals surface area (Å²) in [5, 5.41) is 7.71. The lowest BCUT2D eigenvalue weighted by molar-refractivity contribution is -0.133. The standard InChI is InChI=1S/C28H31N3O3S/c1-35(33,34)26-12-5-4-11-25(26)22-15-13-20(14-16-22)18-27(32)31(24-9-2-3-10-24)19-21-7-6-8-23(17-21)28(29)30/h4-8,11-17,24H,2-3,9-10,18-19H2,1H3,(H3,29,30). The number of carbonyl (C=O) groups is 1. The average molecular weight is 490 g/mol. The van der Waals surface area contributed by atoms with Crippen molar-refractivity contribution in [3.63, 3.8) is 0 Å². The van der Waals surface area contributed by atoms with Crippen molar-refractivity contribution in [2.75, 3.05) is 6.26 Å². The highest BCUT2D eigenvalue weighted by atomic mass is 32.2. The number of hydrogen-bond donors (Lipinski definition) is 2. The van der Waals surface area contributed by atoms with E-state index in [1.54, 1.807) is 24.3 Å². The summed E-state index contributed by atoms with van der Waals surface area (Å²) in [6, 6.07) is 22.2. The molecule has 0 aromatic heterocycles. The number of nitrogens with two attached hydrogens (primary N) is 1. The predicted octanol–water partition coefficient (Wildman–Crippen LogP) is 4.56. The molecule has 0 saturated heterocycles. The summed E-state index contributed by atoms with van der Waals surface area (Å²) in [4.78, 5) is 15.7. The van der Waals surface area contributed by atoms with Gasteiger partial charge in [-0.05, 0) is 41.7 Å². The number of rotatable bonds is 8. The largest absolute Gasteiger partial charge is 0.384 e. The van der Waals surface area contributed by atoms with Crippen LogP contribution in [0.3, 0.4) is 0 Å². The molecule has 0 aliphatic heterocycles. The van der Waals surface area contributed by atoms with Crippen molar-refractivity contribution >= 4 is 21.6 Å². The molecule has 0 bridgehead atoms. The molecule has 1 aliphatic rings. The Hall–Kier alpha value is -3.45. The second-order valence-corrected chi connectivity index (χ2v) is 11.2. The van der Waals surface area contributed by atoms with Crippen LogP contribution in [0.1, 0.15) is 42.4 Å². The summed E-state index contributed by atoms with van der Waals surface area (Å²) in [6.45, 7) is 0.491. The van der Waals surface area contributed by atoms with Crippen LogP contribution in [0.25, 0.3) is 11.1 Å². The summed E-state index contributed by atoms with van der Waals surface area (Å²) in [6.07, 6.45) is 5.73. The number of sulfone groups is 1. The van der Waals surface area contributed by atoms with E-state index in [1.807, 2.05) is 53.4 Å². The first kappa shape index (κ1) is 24.7. The maximum absolute atomic E-state index is 13.4. The summed E-state index contributed by atoms with van der Waals surface area (Å²) < 4.78 is 24.4. The molecule has 3 aromatic rings. The molecule has 0 spiro atoms. The minimum Gasteiger partial charge on any atom is -0.384 e. The Balaban J connectivity index is 1.54. The van der Waals surface area contributed by atoms with Crippen molar-refractivity contribution in [1.29, 1.82) is 5.41 Å². The number of benzene rings is 3. The van der Waals surface area contributed by atoms with E-state index in [9.17, 15) is 13.2 Å². The summed E-state index contributed by atoms with van der Waals surface area (Å²) >= 11 is 0. The van der Waals surface area contributed by atoms with Gasteiger partial charge in [0.05, 0.1) is 11.3 Å². The molecule has 182 valence electrons. The minimum absolute atomic E-state index is 0.0168. The van der Waals surface area contributed by atoms with E-state index in [4.69, 9.17) is 11.1 Å². The molecule has 35 heavy (non-hydrogen) atoms. The lowest BCUT2D eigenvalue weighted by Gasteiger charge is -2.29. The highest BCUT2D eigenvalue weighted by Gasteiger charge is 2.27. The van der Waals surface area contributed by atoms with Crippen LogP contribution in [-0.4, -0.2) is 37.4 Å². The van der Waals surface area contributed by atoms with Crippen molar-refractivity contribution < 1.29 is 13.2 Å². The van der Waals surface area contributed by atoms with Crippen LogP contribution >= 0.6 is 0 Å². The lowest BCUT2D eigenvalue weighted by Crippen LogP contribution is -2.39. The molecule has 1 fully saturated rings. The molecular weight excluding hydrogens is 458 g/mol. The Morgan fingerprint density at radius 3 is 2.31 bits per heavy atom. The highest BCUT2D eigenvalue weighted by molar-refractivity contribution is 7.90. The molecule has 0 atom stereocenters. The van der Waals surface area contributed by atoms with E-state index in [0.717, 1.165) is 42.4 Å². The van der Waals surface area contributed by atoms with Gasteiger partial charge in [-0.25, -0.2) is 8.42 Å². The van der Waals surface area contributed by atoms with E-state index in [2.05, 4.69) is 0 Å². The smallest absolute Gasteiger partial charge is 0.227 e. The SMILES string of the molecule is CS(=O)(=O)c1ccccc1-c1ccc(CC(=O)N(Cc2cccc(C(=N)N)c2)C2CCCC2)cc1. The molecule has 0 unspecified atom stereocenters. The summed E-state index contributed by atoms with van der Waals surface area (Å²) in [5.41, 5.74) is 9.62. The van der Waals surface area contributed by atoms with Crippen molar-refractivity contribution in [2.24, 2.45) is 5.73 Å². The number of nitrogen functional groups attached to an aromatic ring is 1. The molecule has 1 saturated carbocycles. The number of amides is 1. The maximum atomic E-state index is 13.4. The Labute approximate surface area is 207 Å². The van der Waals surface area contributed by atoms with E-state index < -0.39 is 9.84 Å². The van der Waals surface area contributed by atoms with Crippen LogP contribution in [0.2, 0.25) is 0 Å². The van der Waals surface area contributed by atoms with Crippen LogP contribution < -0.4 is 5.73 Å². The first-order valence-electron chi connectivity index (χ1n) is 11.8. The second-order valence-electron chi connectivity index (χ2n) is 9.22. The zero-order chi connectivity index (χ0) is 25.0. The highest BCUT2D eigenvalue weighted by Crippen LogP contribution is 2.29. The first-order valence-corrected chi connectivity index (χ1v) is 13.7. The molecule has 6 nitrogen and oxygen atoms in total. The van der Waals surface area contributed by atoms with Gasteiger partial charge in [-0.2, -0.15) is 0 Å². The van der Waals surface area contributed by atoms with Crippen molar-refractivity contribution in [3.05, 3.63) is 89.5 Å². The zero-order valence-corrected chi connectivity index (χ0v) is 20.7. The zero-order valence-electron chi connectivity index (χ0n) is 19.9. The predicted molar refractivity (Wildman–Crippen MR) is 139 cm³/mol. The van der Waals surface area contributed by atoms with Crippen LogP contribution in [0.5, 0.6) is 0 Å². The average Bonchev–Trinajstić information content (AvgIpc) is 3.37. The van der Waals surface area contributed by atoms with Gasteiger partial charge in [0, 0.05) is 30.0 Å². The van der Waals surface area contributed by atoms with Crippen LogP contribution in [0.15, 0.2) is 77.7 Å². The Morgan fingerprint density at radius 1 is 0.971 bits per heavy atom. The number of nitrogens with zero attached hydrogens (tertiary/aromatic N) is 1. The maximum Gasteiger partial charge on any atom is 0.227 e. The van der Waals surface area contributed by atoms with Gasteiger partial charge in [0.25, 0.3) is 0 Å². The van der Waals surface area contributed by atoms with Crippen LogP contribution in [-0.2, 0) is 27.6 Å². The van der Waals surface area contributed by atoms with E-state index in [1.165, 1.54) is 6.26 Å². The number of nitrogens with one attached hydrogen (secondary N) is 1. The van der Waals surface area contributed by atoms with Gasteiger partial charge in [0.15, 0.2) is 9.84 Å². The molecule has 3 N–H and O–H groups in total. The van der Waals surface area contributed by atoms with Crippen molar-refractivity contribution in [2.45, 2.75) is 49.6 Å². The Bertz CT molecular complexity index is 1330. The van der Waals surface area contributed by atoms with Gasteiger partial charge in [-0.3, -0.25) is 10.2 Å². The van der Waals surface area contributed by atoms with Gasteiger partial charge in [0.2, 0.25) is 5.91 Å². The Kier molecular flexibility index (Phi) is 7.36. The Morgan fingerprint density at radius 2 is 1.66 bits per heavy atom. The van der Waals surface area contributed by atoms with Crippen LogP contribution in [0, 0.1) is 5.41 Å². The number of hydrogen-bond acceptors (Lipinski definition) is 4. The molecular formula is C28H31N3O3S. The molecule has 7 heteroatoms. The van der Waals surface area contributed by atoms with Crippen molar-refractivity contribution in [1.82, 2.24) is 4.90 Å². The topological polar surface area (TPSA) is 104 Å². The molecule has 1 amide bonds. The summed E-state index contributed by atoms with van der Waals surface area (Å²) in [5.74, 6) is 0.0811. The summed E-state index contributed by atoms with van der Waals surface area (Å²) in [7, 11) is -3.35. The molecule has 3 aromatic carbocycles. The molecule has 1 aliphatic carbocycles. The fourth-order valence-corrected chi connectivity index (χ4v) is 5.69. The third kappa shape index (κ3) is 5.98. The lowest BCUT2D eigenvalue weighted by atomic mass is 10.0. The third-order valence-corrected chi connectivity index (χ3v) is 7.74. The first-order chi connectivity index (χ1) is 16.7. The monoisotopic (exact) mass is 489 g/mol. The van der Waals surface area contributed by atoms with Gasteiger partial charge in [-0.1, -0.05) is 73.5 Å². The minimum atomic E-state index is -3.35. The second kappa shape index (κ2) is 10.4. The quantitative estimate of drug-likeness (QED) is 0.358. The molecule has 4 rings (SSSR count).